The Balaban J connectivity index is 1.68. The summed E-state index contributed by atoms with van der Waals surface area (Å²) in [4.78, 5) is 25.1. The van der Waals surface area contributed by atoms with Crippen LogP contribution in [0.2, 0.25) is 0 Å². The van der Waals surface area contributed by atoms with E-state index in [4.69, 9.17) is 25.8 Å². The number of rotatable bonds is 9. The van der Waals surface area contributed by atoms with Crippen molar-refractivity contribution >= 4 is 23.5 Å². The van der Waals surface area contributed by atoms with Crippen LogP contribution in [0.25, 0.3) is 0 Å². The lowest BCUT2D eigenvalue weighted by atomic mass is 10.1. The second kappa shape index (κ2) is 10.8. The van der Waals surface area contributed by atoms with E-state index in [9.17, 15) is 14.9 Å². The monoisotopic (exact) mass is 481 g/mol. The van der Waals surface area contributed by atoms with Crippen LogP contribution >= 0.6 is 11.6 Å². The summed E-state index contributed by atoms with van der Waals surface area (Å²) in [5.74, 6) is -0.786. The van der Waals surface area contributed by atoms with E-state index < -0.39 is 29.4 Å². The summed E-state index contributed by atoms with van der Waals surface area (Å²) < 4.78 is 16.6. The van der Waals surface area contributed by atoms with Crippen LogP contribution in [-0.2, 0) is 19.1 Å². The van der Waals surface area contributed by atoms with Gasteiger partial charge in [0.1, 0.15) is 22.6 Å². The summed E-state index contributed by atoms with van der Waals surface area (Å²) >= 11 is 6.15. The number of esters is 2. The van der Waals surface area contributed by atoms with Crippen LogP contribution in [0.1, 0.15) is 45.8 Å². The minimum absolute atomic E-state index is 0.0590. The van der Waals surface area contributed by atoms with Gasteiger partial charge in [0.15, 0.2) is 0 Å². The Hall–Kier alpha value is -3.30. The van der Waals surface area contributed by atoms with Crippen molar-refractivity contribution in [3.63, 3.8) is 0 Å². The predicted octanol–water partition coefficient (Wildman–Crippen LogP) is 6.32. The molecule has 0 heterocycles. The zero-order chi connectivity index (χ0) is 24.9. The number of ether oxygens (including phenoxy) is 3. The van der Waals surface area contributed by atoms with Crippen LogP contribution < -0.4 is 4.74 Å². The number of hydrogen-bond donors (Lipinski definition) is 0. The third kappa shape index (κ3) is 5.98. The Kier molecular flexibility index (Phi) is 8.01. The highest BCUT2D eigenvalue weighted by molar-refractivity contribution is 6.41. The Morgan fingerprint density at radius 3 is 2.44 bits per heavy atom. The molecule has 7 heteroatoms. The molecule has 34 heavy (non-hydrogen) atoms. The third-order valence-electron chi connectivity index (χ3n) is 6.06. The smallest absolute Gasteiger partial charge is 0.349 e. The van der Waals surface area contributed by atoms with Gasteiger partial charge in [-0.05, 0) is 48.9 Å². The molecule has 1 saturated carbocycles. The van der Waals surface area contributed by atoms with Crippen molar-refractivity contribution in [1.29, 1.82) is 5.26 Å². The molecule has 0 bridgehead atoms. The maximum Gasteiger partial charge on any atom is 0.349 e. The summed E-state index contributed by atoms with van der Waals surface area (Å²) in [6.45, 7) is 7.46. The molecular weight excluding hydrogens is 454 g/mol. The minimum Gasteiger partial charge on any atom is -0.458 e. The van der Waals surface area contributed by atoms with Crippen molar-refractivity contribution in [3.8, 4) is 17.6 Å². The van der Waals surface area contributed by atoms with Crippen molar-refractivity contribution in [3.05, 3.63) is 71.3 Å². The molecule has 1 unspecified atom stereocenters. The summed E-state index contributed by atoms with van der Waals surface area (Å²) in [5.41, 5.74) is 0.0385. The summed E-state index contributed by atoms with van der Waals surface area (Å²) in [7, 11) is 0. The fraction of sp³-hybridized carbons (Fsp3) is 0.370. The average molecular weight is 482 g/mol. The van der Waals surface area contributed by atoms with E-state index in [1.165, 1.54) is 0 Å². The highest BCUT2D eigenvalue weighted by Gasteiger charge is 2.62. The van der Waals surface area contributed by atoms with Gasteiger partial charge in [0.2, 0.25) is 6.10 Å². The summed E-state index contributed by atoms with van der Waals surface area (Å²) in [6.07, 6.45) is 0.875. The largest absolute Gasteiger partial charge is 0.458 e. The number of benzene rings is 2. The van der Waals surface area contributed by atoms with E-state index in [-0.39, 0.29) is 17.1 Å². The molecule has 1 fully saturated rings. The standard InChI is InChI=1S/C27H28ClNO5/c1-5-17(2)32-25(30)22(28)15-21-24(27(21,3)4)26(31)34-23(16-29)18-10-9-13-20(14-18)33-19-11-7-6-8-12-19/h6-15,17,21,23-24H,5H2,1-4H3/b22-15-/t17?,21-,23+,24-/m0/s1. The van der Waals surface area contributed by atoms with Gasteiger partial charge in [0, 0.05) is 5.56 Å². The fourth-order valence-electron chi connectivity index (χ4n) is 3.71. The number of carbonyl (C=O) groups is 2. The maximum absolute atomic E-state index is 12.9. The van der Waals surface area contributed by atoms with Crippen LogP contribution in [0.5, 0.6) is 11.5 Å². The molecule has 178 valence electrons. The Morgan fingerprint density at radius 1 is 1.12 bits per heavy atom. The number of para-hydroxylation sites is 1. The fourth-order valence-corrected chi connectivity index (χ4v) is 3.89. The molecule has 0 spiro atoms. The lowest BCUT2D eigenvalue weighted by molar-refractivity contribution is -0.149. The van der Waals surface area contributed by atoms with Gasteiger partial charge in [-0.25, -0.2) is 4.79 Å². The number of nitrogens with zero attached hydrogens (tertiary/aromatic N) is 1. The lowest BCUT2D eigenvalue weighted by Gasteiger charge is -2.13. The molecule has 0 aliphatic heterocycles. The highest BCUT2D eigenvalue weighted by Crippen LogP contribution is 2.60. The van der Waals surface area contributed by atoms with E-state index in [0.29, 0.717) is 23.5 Å². The zero-order valence-corrected chi connectivity index (χ0v) is 20.4. The Morgan fingerprint density at radius 2 is 1.79 bits per heavy atom. The summed E-state index contributed by atoms with van der Waals surface area (Å²) in [5, 5.41) is 9.61. The number of nitriles is 1. The van der Waals surface area contributed by atoms with Gasteiger partial charge in [-0.15, -0.1) is 0 Å². The van der Waals surface area contributed by atoms with Gasteiger partial charge in [-0.3, -0.25) is 4.79 Å². The molecule has 2 aromatic carbocycles. The minimum atomic E-state index is -1.10. The van der Waals surface area contributed by atoms with Gasteiger partial charge in [-0.2, -0.15) is 5.26 Å². The van der Waals surface area contributed by atoms with Crippen molar-refractivity contribution in [2.24, 2.45) is 17.3 Å². The molecule has 0 aromatic heterocycles. The first-order valence-corrected chi connectivity index (χ1v) is 11.6. The van der Waals surface area contributed by atoms with E-state index in [1.54, 1.807) is 37.3 Å². The number of allylic oxidation sites excluding steroid dienone is 1. The second-order valence-corrected chi connectivity index (χ2v) is 9.30. The predicted molar refractivity (Wildman–Crippen MR) is 128 cm³/mol. The molecule has 6 nitrogen and oxygen atoms in total. The van der Waals surface area contributed by atoms with Crippen molar-refractivity contribution in [1.82, 2.24) is 0 Å². The summed E-state index contributed by atoms with van der Waals surface area (Å²) in [6, 6.07) is 18.2. The van der Waals surface area contributed by atoms with Gasteiger partial charge >= 0.3 is 11.9 Å². The van der Waals surface area contributed by atoms with Crippen LogP contribution in [-0.4, -0.2) is 18.0 Å². The van der Waals surface area contributed by atoms with Crippen LogP contribution in [0, 0.1) is 28.6 Å². The molecular formula is C27H28ClNO5. The Bertz CT molecular complexity index is 1110. The van der Waals surface area contributed by atoms with E-state index in [0.717, 1.165) is 0 Å². The first kappa shape index (κ1) is 25.3. The molecule has 0 radical (unpaired) electrons. The lowest BCUT2D eigenvalue weighted by Crippen LogP contribution is -2.15. The van der Waals surface area contributed by atoms with Crippen LogP contribution in [0.15, 0.2) is 65.7 Å². The highest BCUT2D eigenvalue weighted by atomic mass is 35.5. The van der Waals surface area contributed by atoms with Gasteiger partial charge in [-0.1, -0.05) is 68.8 Å². The molecule has 4 atom stereocenters. The normalized spacial score (nSPS) is 20.4. The van der Waals surface area contributed by atoms with Gasteiger partial charge in [0.05, 0.1) is 12.0 Å². The SMILES string of the molecule is CCC(C)OC(=O)/C(Cl)=C/[C@H]1[C@@H](C(=O)O[C@H](C#N)c2cccc(Oc3ccccc3)c2)C1(C)C. The van der Waals surface area contributed by atoms with Crippen LogP contribution in [0.4, 0.5) is 0 Å². The molecule has 3 rings (SSSR count). The molecule has 0 saturated heterocycles. The average Bonchev–Trinajstić information content (AvgIpc) is 3.37. The first-order chi connectivity index (χ1) is 16.2. The van der Waals surface area contributed by atoms with Gasteiger partial charge in [0.25, 0.3) is 0 Å². The third-order valence-corrected chi connectivity index (χ3v) is 6.34. The number of hydrogen-bond acceptors (Lipinski definition) is 6. The van der Waals surface area contributed by atoms with Crippen molar-refractivity contribution < 1.29 is 23.8 Å². The quantitative estimate of drug-likeness (QED) is 0.307. The van der Waals surface area contributed by atoms with Crippen molar-refractivity contribution in [2.45, 2.75) is 46.3 Å². The number of halogens is 1. The molecule has 0 amide bonds. The number of carbonyl (C=O) groups excluding carboxylic acids is 2. The molecule has 2 aromatic rings. The zero-order valence-electron chi connectivity index (χ0n) is 19.7. The molecule has 0 N–H and O–H groups in total. The maximum atomic E-state index is 12.9. The Labute approximate surface area is 205 Å². The first-order valence-electron chi connectivity index (χ1n) is 11.2. The van der Waals surface area contributed by atoms with E-state index >= 15 is 0 Å². The van der Waals surface area contributed by atoms with Crippen LogP contribution in [0.3, 0.4) is 0 Å². The molecule has 1 aliphatic rings. The second-order valence-electron chi connectivity index (χ2n) is 8.90. The van der Waals surface area contributed by atoms with E-state index in [1.807, 2.05) is 57.2 Å². The van der Waals surface area contributed by atoms with Crippen molar-refractivity contribution in [2.75, 3.05) is 0 Å². The topological polar surface area (TPSA) is 85.6 Å². The molecule has 1 aliphatic carbocycles. The van der Waals surface area contributed by atoms with Gasteiger partial charge < -0.3 is 14.2 Å². The van der Waals surface area contributed by atoms with E-state index in [2.05, 4.69) is 0 Å².